The largest absolute Gasteiger partial charge is 0.497 e. The van der Waals surface area contributed by atoms with Crippen LogP contribution in [0.1, 0.15) is 49.5 Å². The Bertz CT molecular complexity index is 747. The highest BCUT2D eigenvalue weighted by Crippen LogP contribution is 2.36. The molecule has 2 aromatic rings. The van der Waals surface area contributed by atoms with Crippen LogP contribution in [0.15, 0.2) is 30.5 Å². The van der Waals surface area contributed by atoms with E-state index in [2.05, 4.69) is 4.90 Å². The van der Waals surface area contributed by atoms with Gasteiger partial charge in [0, 0.05) is 31.4 Å². The first-order valence-corrected chi connectivity index (χ1v) is 10.5. The maximum Gasteiger partial charge on any atom is 0.119 e. The summed E-state index contributed by atoms with van der Waals surface area (Å²) in [5, 5.41) is 16.1. The summed E-state index contributed by atoms with van der Waals surface area (Å²) in [5.41, 5.74) is 2.94. The van der Waals surface area contributed by atoms with E-state index in [0.717, 1.165) is 68.4 Å². The molecule has 6 nitrogen and oxygen atoms in total. The van der Waals surface area contributed by atoms with Crippen LogP contribution in [-0.2, 0) is 11.3 Å². The summed E-state index contributed by atoms with van der Waals surface area (Å²) in [7, 11) is 1.67. The number of rotatable bonds is 6. The fourth-order valence-corrected chi connectivity index (χ4v) is 4.34. The minimum absolute atomic E-state index is 0.339. The summed E-state index contributed by atoms with van der Waals surface area (Å²) >= 11 is 0. The number of nitrogens with zero attached hydrogens (tertiary/aromatic N) is 3. The standard InChI is InChI=1S/C22H31N3O3/c1-27-19-9-7-18(8-10-19)25-15-20(22(26)17-5-3-2-4-6-17)21(23-25)16-24-11-13-28-14-12-24/h7-10,15,17,22,26H,2-6,11-14,16H2,1H3. The monoisotopic (exact) mass is 385 g/mol. The zero-order valence-corrected chi connectivity index (χ0v) is 16.7. The number of methoxy groups -OCH3 is 1. The number of aliphatic hydroxyl groups excluding tert-OH is 1. The van der Waals surface area contributed by atoms with Crippen molar-refractivity contribution in [1.82, 2.24) is 14.7 Å². The third-order valence-corrected chi connectivity index (χ3v) is 6.05. The summed E-state index contributed by atoms with van der Waals surface area (Å²) in [6.07, 6.45) is 7.51. The molecule has 0 bridgehead atoms. The van der Waals surface area contributed by atoms with Gasteiger partial charge in [0.05, 0.1) is 37.8 Å². The van der Waals surface area contributed by atoms with Crippen LogP contribution in [0.25, 0.3) is 5.69 Å². The van der Waals surface area contributed by atoms with Crippen molar-refractivity contribution in [2.24, 2.45) is 5.92 Å². The number of ether oxygens (including phenoxy) is 2. The van der Waals surface area contributed by atoms with Crippen LogP contribution >= 0.6 is 0 Å². The first-order chi connectivity index (χ1) is 13.7. The van der Waals surface area contributed by atoms with Crippen LogP contribution in [-0.4, -0.2) is 53.2 Å². The highest BCUT2D eigenvalue weighted by molar-refractivity contribution is 5.38. The van der Waals surface area contributed by atoms with Gasteiger partial charge in [0.25, 0.3) is 0 Å². The van der Waals surface area contributed by atoms with Crippen molar-refractivity contribution in [3.63, 3.8) is 0 Å². The summed E-state index contributed by atoms with van der Waals surface area (Å²) in [6, 6.07) is 7.88. The molecule has 152 valence electrons. The van der Waals surface area contributed by atoms with Gasteiger partial charge in [-0.15, -0.1) is 0 Å². The second-order valence-corrected chi connectivity index (χ2v) is 7.91. The number of aliphatic hydroxyl groups is 1. The van der Waals surface area contributed by atoms with Gasteiger partial charge >= 0.3 is 0 Å². The van der Waals surface area contributed by atoms with Crippen molar-refractivity contribution < 1.29 is 14.6 Å². The van der Waals surface area contributed by atoms with Gasteiger partial charge in [0.1, 0.15) is 5.75 Å². The van der Waals surface area contributed by atoms with E-state index in [1.165, 1.54) is 19.3 Å². The molecule has 2 heterocycles. The van der Waals surface area contributed by atoms with E-state index < -0.39 is 6.10 Å². The highest BCUT2D eigenvalue weighted by atomic mass is 16.5. The molecule has 1 aromatic heterocycles. The minimum atomic E-state index is -0.441. The zero-order valence-electron chi connectivity index (χ0n) is 16.7. The Hall–Kier alpha value is -1.89. The normalized spacial score (nSPS) is 20.2. The predicted molar refractivity (Wildman–Crippen MR) is 108 cm³/mol. The summed E-state index contributed by atoms with van der Waals surface area (Å²) in [6.45, 7) is 4.10. The third-order valence-electron chi connectivity index (χ3n) is 6.05. The quantitative estimate of drug-likeness (QED) is 0.827. The molecule has 1 N–H and O–H groups in total. The molecule has 2 fully saturated rings. The summed E-state index contributed by atoms with van der Waals surface area (Å²) in [5.74, 6) is 1.16. The Morgan fingerprint density at radius 3 is 2.54 bits per heavy atom. The van der Waals surface area contributed by atoms with Crippen LogP contribution in [0.2, 0.25) is 0 Å². The molecule has 0 amide bonds. The maximum absolute atomic E-state index is 11.2. The molecule has 6 heteroatoms. The Morgan fingerprint density at radius 2 is 1.86 bits per heavy atom. The predicted octanol–water partition coefficient (Wildman–Crippen LogP) is 3.33. The number of morpholine rings is 1. The second-order valence-electron chi connectivity index (χ2n) is 7.91. The molecule has 1 atom stereocenters. The Kier molecular flexibility index (Phi) is 6.29. The fraction of sp³-hybridized carbons (Fsp3) is 0.591. The number of aromatic nitrogens is 2. The van der Waals surface area contributed by atoms with Crippen LogP contribution in [0.5, 0.6) is 5.75 Å². The first kappa shape index (κ1) is 19.4. The lowest BCUT2D eigenvalue weighted by Crippen LogP contribution is -2.36. The molecule has 1 aliphatic heterocycles. The second kappa shape index (κ2) is 9.07. The molecule has 1 unspecified atom stereocenters. The molecule has 0 radical (unpaired) electrons. The Morgan fingerprint density at radius 1 is 1.14 bits per heavy atom. The van der Waals surface area contributed by atoms with E-state index in [0.29, 0.717) is 5.92 Å². The molecule has 1 aliphatic carbocycles. The van der Waals surface area contributed by atoms with Gasteiger partial charge in [-0.05, 0) is 43.0 Å². The molecule has 1 saturated carbocycles. The van der Waals surface area contributed by atoms with Crippen LogP contribution in [0, 0.1) is 5.92 Å². The topological polar surface area (TPSA) is 59.8 Å². The molecule has 2 aliphatic rings. The van der Waals surface area contributed by atoms with Gasteiger partial charge < -0.3 is 14.6 Å². The van der Waals surface area contributed by atoms with Crippen molar-refractivity contribution in [1.29, 1.82) is 0 Å². The number of hydrogen-bond acceptors (Lipinski definition) is 5. The fourth-order valence-electron chi connectivity index (χ4n) is 4.34. The van der Waals surface area contributed by atoms with E-state index in [-0.39, 0.29) is 0 Å². The van der Waals surface area contributed by atoms with Gasteiger partial charge in [-0.3, -0.25) is 4.90 Å². The zero-order chi connectivity index (χ0) is 19.3. The van der Waals surface area contributed by atoms with E-state index in [4.69, 9.17) is 14.6 Å². The molecular weight excluding hydrogens is 354 g/mol. The van der Waals surface area contributed by atoms with Gasteiger partial charge in [-0.25, -0.2) is 4.68 Å². The molecule has 1 saturated heterocycles. The summed E-state index contributed by atoms with van der Waals surface area (Å²) < 4.78 is 12.6. The SMILES string of the molecule is COc1ccc(-n2cc(C(O)C3CCCCC3)c(CN3CCOCC3)n2)cc1. The Labute approximate surface area is 167 Å². The van der Waals surface area contributed by atoms with Crippen molar-refractivity contribution in [3.05, 3.63) is 41.7 Å². The molecular formula is C22H31N3O3. The van der Waals surface area contributed by atoms with E-state index in [9.17, 15) is 5.11 Å². The van der Waals surface area contributed by atoms with Crippen LogP contribution in [0.3, 0.4) is 0 Å². The smallest absolute Gasteiger partial charge is 0.119 e. The van der Waals surface area contributed by atoms with E-state index in [1.54, 1.807) is 7.11 Å². The highest BCUT2D eigenvalue weighted by Gasteiger charge is 2.28. The molecule has 0 spiro atoms. The van der Waals surface area contributed by atoms with E-state index in [1.807, 2.05) is 35.1 Å². The lowest BCUT2D eigenvalue weighted by Gasteiger charge is -2.28. The van der Waals surface area contributed by atoms with Gasteiger partial charge in [0.15, 0.2) is 0 Å². The number of hydrogen-bond donors (Lipinski definition) is 1. The van der Waals surface area contributed by atoms with Gasteiger partial charge in [-0.2, -0.15) is 5.10 Å². The average molecular weight is 386 g/mol. The average Bonchev–Trinajstić information content (AvgIpc) is 3.18. The van der Waals surface area contributed by atoms with E-state index >= 15 is 0 Å². The third kappa shape index (κ3) is 4.40. The molecule has 1 aromatic carbocycles. The van der Waals surface area contributed by atoms with Crippen molar-refractivity contribution in [2.45, 2.75) is 44.8 Å². The van der Waals surface area contributed by atoms with Gasteiger partial charge in [-0.1, -0.05) is 19.3 Å². The number of benzene rings is 1. The first-order valence-electron chi connectivity index (χ1n) is 10.5. The van der Waals surface area contributed by atoms with Crippen LogP contribution in [0.4, 0.5) is 0 Å². The Balaban J connectivity index is 1.61. The lowest BCUT2D eigenvalue weighted by atomic mass is 9.83. The molecule has 4 rings (SSSR count). The molecule has 28 heavy (non-hydrogen) atoms. The minimum Gasteiger partial charge on any atom is -0.497 e. The van der Waals surface area contributed by atoms with Crippen LogP contribution < -0.4 is 4.74 Å². The van der Waals surface area contributed by atoms with Crippen molar-refractivity contribution in [3.8, 4) is 11.4 Å². The van der Waals surface area contributed by atoms with Gasteiger partial charge in [0.2, 0.25) is 0 Å². The maximum atomic E-state index is 11.2. The van der Waals surface area contributed by atoms with Crippen molar-refractivity contribution >= 4 is 0 Å². The lowest BCUT2D eigenvalue weighted by molar-refractivity contribution is 0.0324. The summed E-state index contributed by atoms with van der Waals surface area (Å²) in [4.78, 5) is 2.36. The van der Waals surface area contributed by atoms with Crippen molar-refractivity contribution in [2.75, 3.05) is 33.4 Å².